The Hall–Kier alpha value is -0.370. The third-order valence-electron chi connectivity index (χ3n) is 10.3. The zero-order valence-corrected chi connectivity index (χ0v) is 18.2. The molecule has 0 spiro atoms. The summed E-state index contributed by atoms with van der Waals surface area (Å²) in [6.07, 6.45) is 14.3. The van der Waals surface area contributed by atoms with Crippen molar-refractivity contribution in [1.29, 1.82) is 0 Å². The van der Waals surface area contributed by atoms with E-state index in [-0.39, 0.29) is 11.0 Å². The van der Waals surface area contributed by atoms with Gasteiger partial charge < -0.3 is 5.11 Å². The molecule has 1 N–H and O–H groups in total. The van der Waals surface area contributed by atoms with Crippen LogP contribution < -0.4 is 0 Å². The van der Waals surface area contributed by atoms with E-state index >= 15 is 0 Å². The average molecular weight is 375 g/mol. The van der Waals surface area contributed by atoms with E-state index in [9.17, 15) is 9.90 Å². The lowest BCUT2D eigenvalue weighted by Crippen LogP contribution is -2.58. The van der Waals surface area contributed by atoms with Gasteiger partial charge in [0.1, 0.15) is 5.78 Å². The Balaban J connectivity index is 1.58. The molecule has 2 heteroatoms. The summed E-state index contributed by atoms with van der Waals surface area (Å²) >= 11 is 0. The quantitative estimate of drug-likeness (QED) is 0.642. The van der Waals surface area contributed by atoms with Crippen LogP contribution in [0.1, 0.15) is 105 Å². The normalized spacial score (nSPS) is 52.4. The van der Waals surface area contributed by atoms with Crippen LogP contribution in [-0.2, 0) is 4.79 Å². The van der Waals surface area contributed by atoms with E-state index in [0.717, 1.165) is 49.9 Å². The summed E-state index contributed by atoms with van der Waals surface area (Å²) in [7, 11) is 0. The minimum atomic E-state index is -0.389. The first-order valence-corrected chi connectivity index (χ1v) is 12.0. The maximum atomic E-state index is 12.4. The Bertz CT molecular complexity index is 585. The molecule has 4 saturated carbocycles. The minimum absolute atomic E-state index is 0.256. The molecule has 0 aliphatic heterocycles. The van der Waals surface area contributed by atoms with Gasteiger partial charge in [-0.25, -0.2) is 0 Å². The fourth-order valence-electron chi connectivity index (χ4n) is 8.88. The minimum Gasteiger partial charge on any atom is -0.390 e. The largest absolute Gasteiger partial charge is 0.390 e. The summed E-state index contributed by atoms with van der Waals surface area (Å²) in [6, 6.07) is 0. The van der Waals surface area contributed by atoms with Gasteiger partial charge in [-0.3, -0.25) is 4.79 Å². The monoisotopic (exact) mass is 374 g/mol. The van der Waals surface area contributed by atoms with E-state index in [0.29, 0.717) is 23.0 Å². The van der Waals surface area contributed by atoms with Gasteiger partial charge >= 0.3 is 0 Å². The lowest BCUT2D eigenvalue weighted by molar-refractivity contribution is -0.171. The molecule has 0 aromatic heterocycles. The number of carbonyl (C=O) groups excluding carboxylic acids is 1. The molecule has 4 aliphatic rings. The van der Waals surface area contributed by atoms with E-state index in [2.05, 4.69) is 20.8 Å². The van der Waals surface area contributed by atoms with Gasteiger partial charge in [0.2, 0.25) is 0 Å². The Morgan fingerprint density at radius 1 is 0.963 bits per heavy atom. The van der Waals surface area contributed by atoms with Crippen molar-refractivity contribution in [2.45, 2.75) is 110 Å². The molecule has 0 bridgehead atoms. The second-order valence-electron chi connectivity index (χ2n) is 11.5. The van der Waals surface area contributed by atoms with Gasteiger partial charge in [0.15, 0.2) is 0 Å². The molecule has 0 aromatic carbocycles. The maximum absolute atomic E-state index is 12.4. The highest BCUT2D eigenvalue weighted by molar-refractivity contribution is 5.79. The van der Waals surface area contributed by atoms with Gasteiger partial charge in [0.25, 0.3) is 0 Å². The highest BCUT2D eigenvalue weighted by Crippen LogP contribution is 2.67. The zero-order chi connectivity index (χ0) is 19.4. The summed E-state index contributed by atoms with van der Waals surface area (Å²) in [5.41, 5.74) is 0.291. The van der Waals surface area contributed by atoms with Crippen LogP contribution >= 0.6 is 0 Å². The van der Waals surface area contributed by atoms with Gasteiger partial charge in [-0.15, -0.1) is 0 Å². The van der Waals surface area contributed by atoms with Crippen LogP contribution in [-0.4, -0.2) is 16.5 Å². The van der Waals surface area contributed by atoms with E-state index in [1.54, 1.807) is 0 Å². The molecule has 0 heterocycles. The summed E-state index contributed by atoms with van der Waals surface area (Å²) in [4.78, 5) is 12.4. The molecule has 8 atom stereocenters. The number of fused-ring (bicyclic) bond motifs is 5. The molecular formula is C25H42O2. The summed E-state index contributed by atoms with van der Waals surface area (Å²) in [5.74, 6) is 3.87. The van der Waals surface area contributed by atoms with Crippen LogP contribution in [0.4, 0.5) is 0 Å². The maximum Gasteiger partial charge on any atom is 0.133 e. The number of carbonyl (C=O) groups is 1. The molecule has 0 amide bonds. The summed E-state index contributed by atoms with van der Waals surface area (Å²) < 4.78 is 0. The van der Waals surface area contributed by atoms with Gasteiger partial charge in [-0.2, -0.15) is 0 Å². The van der Waals surface area contributed by atoms with E-state index in [4.69, 9.17) is 0 Å². The van der Waals surface area contributed by atoms with Crippen molar-refractivity contribution in [1.82, 2.24) is 0 Å². The first-order chi connectivity index (χ1) is 12.7. The number of hydrogen-bond donors (Lipinski definition) is 1. The Morgan fingerprint density at radius 2 is 1.70 bits per heavy atom. The third kappa shape index (κ3) is 3.04. The number of rotatable bonds is 3. The van der Waals surface area contributed by atoms with Crippen LogP contribution in [0.15, 0.2) is 0 Å². The number of Topliss-reactive ketones (excluding diaryl/α,β-unsaturated/α-hetero) is 1. The molecule has 0 saturated heterocycles. The van der Waals surface area contributed by atoms with Gasteiger partial charge in [-0.05, 0) is 106 Å². The van der Waals surface area contributed by atoms with Gasteiger partial charge in [-0.1, -0.05) is 33.6 Å². The second-order valence-corrected chi connectivity index (χ2v) is 11.5. The molecule has 1 unspecified atom stereocenters. The Labute approximate surface area is 166 Å². The molecule has 2 nitrogen and oxygen atoms in total. The first-order valence-electron chi connectivity index (χ1n) is 12.0. The molecule has 4 aliphatic carbocycles. The smallest absolute Gasteiger partial charge is 0.133 e. The Morgan fingerprint density at radius 3 is 2.41 bits per heavy atom. The average Bonchev–Trinajstić information content (AvgIpc) is 2.61. The summed E-state index contributed by atoms with van der Waals surface area (Å²) in [5, 5.41) is 11.1. The van der Waals surface area contributed by atoms with Crippen LogP contribution in [0, 0.1) is 40.4 Å². The van der Waals surface area contributed by atoms with Crippen LogP contribution in [0.25, 0.3) is 0 Å². The zero-order valence-electron chi connectivity index (χ0n) is 18.2. The van der Waals surface area contributed by atoms with Crippen molar-refractivity contribution in [2.75, 3.05) is 0 Å². The van der Waals surface area contributed by atoms with Crippen molar-refractivity contribution in [3.8, 4) is 0 Å². The van der Waals surface area contributed by atoms with Crippen LogP contribution in [0.5, 0.6) is 0 Å². The van der Waals surface area contributed by atoms with Crippen molar-refractivity contribution >= 4 is 5.78 Å². The topological polar surface area (TPSA) is 37.3 Å². The molecule has 0 radical (unpaired) electrons. The predicted octanol–water partition coefficient (Wildman–Crippen LogP) is 6.16. The van der Waals surface area contributed by atoms with Gasteiger partial charge in [0.05, 0.1) is 5.60 Å². The van der Waals surface area contributed by atoms with E-state index in [1.165, 1.54) is 44.9 Å². The fraction of sp³-hybridized carbons (Fsp3) is 0.960. The number of ketones is 1. The van der Waals surface area contributed by atoms with E-state index < -0.39 is 0 Å². The fourth-order valence-corrected chi connectivity index (χ4v) is 8.88. The lowest BCUT2D eigenvalue weighted by Gasteiger charge is -2.64. The molecule has 0 aromatic rings. The molecule has 154 valence electrons. The first kappa shape index (κ1) is 19.9. The van der Waals surface area contributed by atoms with Crippen molar-refractivity contribution in [3.05, 3.63) is 0 Å². The molecular weight excluding hydrogens is 332 g/mol. The van der Waals surface area contributed by atoms with Crippen LogP contribution in [0.3, 0.4) is 0 Å². The second kappa shape index (κ2) is 6.85. The highest BCUT2D eigenvalue weighted by Gasteiger charge is 2.60. The van der Waals surface area contributed by atoms with Crippen LogP contribution in [0.2, 0.25) is 0 Å². The molecule has 27 heavy (non-hydrogen) atoms. The Kier molecular flexibility index (Phi) is 5.06. The summed E-state index contributed by atoms with van der Waals surface area (Å²) in [6.45, 7) is 9.10. The highest BCUT2D eigenvalue weighted by atomic mass is 16.3. The SMILES string of the molecule is CCC[C@@]1(O)CC[C@@]2(C)[C@@H](CC[C@@H]3[C@@H]2CC[C@]2(C)C(C(C)=O)CCC[C@@H]32)C1. The predicted molar refractivity (Wildman–Crippen MR) is 110 cm³/mol. The molecule has 4 rings (SSSR count). The number of hydrogen-bond acceptors (Lipinski definition) is 2. The van der Waals surface area contributed by atoms with Crippen molar-refractivity contribution < 1.29 is 9.90 Å². The van der Waals surface area contributed by atoms with E-state index in [1.807, 2.05) is 6.92 Å². The van der Waals surface area contributed by atoms with Gasteiger partial charge in [0, 0.05) is 5.92 Å². The van der Waals surface area contributed by atoms with Crippen molar-refractivity contribution in [2.24, 2.45) is 40.4 Å². The molecule has 4 fully saturated rings. The van der Waals surface area contributed by atoms with Crippen molar-refractivity contribution in [3.63, 3.8) is 0 Å². The third-order valence-corrected chi connectivity index (χ3v) is 10.3. The standard InChI is InChI=1S/C25H42O2/c1-5-12-25(27)15-14-23(3)18(16-25)9-10-19-21-8-6-7-20(17(2)26)24(21,4)13-11-22(19)23/h18-22,27H,5-16H2,1-4H3/t18-,19-,20?,21-,22-,23-,24+,25+/m0/s1. The lowest BCUT2D eigenvalue weighted by atomic mass is 9.41. The number of aliphatic hydroxyl groups is 1.